The summed E-state index contributed by atoms with van der Waals surface area (Å²) in [5.74, 6) is -0.530. The van der Waals surface area contributed by atoms with Crippen molar-refractivity contribution in [3.05, 3.63) is 59.7 Å². The summed E-state index contributed by atoms with van der Waals surface area (Å²) in [5, 5.41) is 4.17. The van der Waals surface area contributed by atoms with Gasteiger partial charge in [-0.1, -0.05) is 12.1 Å². The van der Waals surface area contributed by atoms with Gasteiger partial charge >= 0.3 is 6.18 Å². The molecule has 0 spiro atoms. The van der Waals surface area contributed by atoms with E-state index in [1.807, 2.05) is 18.2 Å². The average molecular weight is 453 g/mol. The van der Waals surface area contributed by atoms with Crippen LogP contribution in [-0.4, -0.2) is 42.1 Å². The second-order valence-corrected chi connectivity index (χ2v) is 8.20. The van der Waals surface area contributed by atoms with Gasteiger partial charge in [-0.05, 0) is 42.0 Å². The lowest BCUT2D eigenvalue weighted by Crippen LogP contribution is -2.43. The third-order valence-corrected chi connectivity index (χ3v) is 5.95. The number of nitrogens with two attached hydrogens (primary N) is 1. The smallest absolute Gasteiger partial charge is 0.369 e. The summed E-state index contributed by atoms with van der Waals surface area (Å²) in [6.07, 6.45) is -4.51. The molecule has 6 nitrogen and oxygen atoms in total. The fraction of sp³-hybridized carbons (Fsp3) is 0.250. The zero-order valence-electron chi connectivity index (χ0n) is 17.7. The number of benzene rings is 2. The highest BCUT2D eigenvalue weighted by atomic mass is 19.4. The first-order valence-electron chi connectivity index (χ1n) is 10.7. The third kappa shape index (κ3) is 4.11. The van der Waals surface area contributed by atoms with Crippen molar-refractivity contribution in [3.63, 3.8) is 0 Å². The molecule has 4 N–H and O–H groups in total. The maximum atomic E-state index is 13.2. The first-order chi connectivity index (χ1) is 15.8. The molecule has 0 atom stereocenters. The molecule has 4 aromatic rings. The predicted molar refractivity (Wildman–Crippen MR) is 122 cm³/mol. The zero-order chi connectivity index (χ0) is 23.2. The number of hydrogen-bond donors (Lipinski definition) is 3. The number of nitrogens with zero attached hydrogens (tertiary/aromatic N) is 2. The summed E-state index contributed by atoms with van der Waals surface area (Å²) < 4.78 is 39.7. The third-order valence-electron chi connectivity index (χ3n) is 5.95. The Labute approximate surface area is 187 Å². The van der Waals surface area contributed by atoms with Crippen LogP contribution in [0, 0.1) is 0 Å². The monoisotopic (exact) mass is 453 g/mol. The average Bonchev–Trinajstić information content (AvgIpc) is 3.17. The number of nitrogens with one attached hydrogen (secondary N) is 2. The molecule has 2 aromatic carbocycles. The van der Waals surface area contributed by atoms with Crippen molar-refractivity contribution in [2.24, 2.45) is 5.73 Å². The summed E-state index contributed by atoms with van der Waals surface area (Å²) in [4.78, 5) is 22.1. The van der Waals surface area contributed by atoms with Gasteiger partial charge in [0, 0.05) is 42.8 Å². The topological polar surface area (TPSA) is 87.0 Å². The highest BCUT2D eigenvalue weighted by molar-refractivity contribution is 6.08. The van der Waals surface area contributed by atoms with E-state index in [0.29, 0.717) is 27.9 Å². The van der Waals surface area contributed by atoms with Crippen LogP contribution in [0.5, 0.6) is 0 Å². The van der Waals surface area contributed by atoms with E-state index in [-0.39, 0.29) is 6.42 Å². The van der Waals surface area contributed by atoms with Crippen LogP contribution in [0.4, 0.5) is 18.9 Å². The van der Waals surface area contributed by atoms with Gasteiger partial charge in [0.15, 0.2) is 0 Å². The molecular formula is C24H22F3N5O. The second-order valence-electron chi connectivity index (χ2n) is 8.20. The maximum Gasteiger partial charge on any atom is 0.416 e. The van der Waals surface area contributed by atoms with Crippen LogP contribution >= 0.6 is 0 Å². The Bertz CT molecular complexity index is 1360. The fourth-order valence-electron chi connectivity index (χ4n) is 4.36. The Morgan fingerprint density at radius 1 is 1.09 bits per heavy atom. The van der Waals surface area contributed by atoms with E-state index in [2.05, 4.69) is 15.2 Å². The van der Waals surface area contributed by atoms with Crippen LogP contribution in [0.3, 0.4) is 0 Å². The summed E-state index contributed by atoms with van der Waals surface area (Å²) in [7, 11) is 0. The number of halogens is 3. The molecule has 5 rings (SSSR count). The van der Waals surface area contributed by atoms with Crippen molar-refractivity contribution in [3.8, 4) is 11.3 Å². The molecule has 1 aliphatic heterocycles. The lowest BCUT2D eigenvalue weighted by Gasteiger charge is -2.29. The van der Waals surface area contributed by atoms with E-state index in [0.717, 1.165) is 54.9 Å². The summed E-state index contributed by atoms with van der Waals surface area (Å²) in [6.45, 7) is 3.62. The van der Waals surface area contributed by atoms with Crippen molar-refractivity contribution < 1.29 is 18.0 Å². The van der Waals surface area contributed by atoms with Crippen molar-refractivity contribution >= 4 is 33.5 Å². The van der Waals surface area contributed by atoms with Crippen LogP contribution in [-0.2, 0) is 17.4 Å². The minimum absolute atomic E-state index is 0.0531. The molecule has 2 aromatic heterocycles. The molecule has 170 valence electrons. The van der Waals surface area contributed by atoms with Crippen molar-refractivity contribution in [2.75, 3.05) is 31.1 Å². The molecule has 33 heavy (non-hydrogen) atoms. The van der Waals surface area contributed by atoms with E-state index in [1.54, 1.807) is 12.1 Å². The highest BCUT2D eigenvalue weighted by Crippen LogP contribution is 2.35. The standard InChI is InChI=1S/C24H22F3N5O/c25-24(26,27)16-3-1-2-14(10-16)19-11-15(12-21(28)33)22-23(30-19)18-5-4-17(13-20(18)31-22)32-8-6-29-7-9-32/h1-5,10-11,13,29,31H,6-9,12H2,(H2,28,33). The number of rotatable bonds is 4. The molecule has 1 saturated heterocycles. The molecule has 0 unspecified atom stereocenters. The lowest BCUT2D eigenvalue weighted by molar-refractivity contribution is -0.137. The molecule has 3 heterocycles. The van der Waals surface area contributed by atoms with E-state index < -0.39 is 17.6 Å². The number of hydrogen-bond acceptors (Lipinski definition) is 4. The van der Waals surface area contributed by atoms with E-state index in [1.165, 1.54) is 6.07 Å². The number of anilines is 1. The lowest BCUT2D eigenvalue weighted by atomic mass is 10.0. The first kappa shape index (κ1) is 21.3. The molecule has 0 radical (unpaired) electrons. The van der Waals surface area contributed by atoms with Crippen LogP contribution < -0.4 is 16.0 Å². The second kappa shape index (κ2) is 8.08. The number of piperazine rings is 1. The van der Waals surface area contributed by atoms with Crippen LogP contribution in [0.2, 0.25) is 0 Å². The maximum absolute atomic E-state index is 13.2. The number of H-pyrrole nitrogens is 1. The molecular weight excluding hydrogens is 431 g/mol. The van der Waals surface area contributed by atoms with Gasteiger partial charge < -0.3 is 20.9 Å². The minimum Gasteiger partial charge on any atom is -0.369 e. The summed E-state index contributed by atoms with van der Waals surface area (Å²) in [5.41, 5.74) is 9.18. The molecule has 9 heteroatoms. The van der Waals surface area contributed by atoms with Gasteiger partial charge in [0.25, 0.3) is 0 Å². The number of fused-ring (bicyclic) bond motifs is 3. The quantitative estimate of drug-likeness (QED) is 0.438. The summed E-state index contributed by atoms with van der Waals surface area (Å²) >= 11 is 0. The number of alkyl halides is 3. The Hall–Kier alpha value is -3.59. The number of primary amides is 1. The number of aromatic nitrogens is 2. The van der Waals surface area contributed by atoms with Crippen LogP contribution in [0.15, 0.2) is 48.5 Å². The zero-order valence-corrected chi connectivity index (χ0v) is 17.7. The van der Waals surface area contributed by atoms with E-state index in [4.69, 9.17) is 10.7 Å². The van der Waals surface area contributed by atoms with Gasteiger partial charge in [0.05, 0.1) is 34.2 Å². The molecule has 1 aliphatic rings. The SMILES string of the molecule is NC(=O)Cc1cc(-c2cccc(C(F)(F)F)c2)nc2c1[nH]c1cc(N3CCNCC3)ccc12. The highest BCUT2D eigenvalue weighted by Gasteiger charge is 2.30. The Morgan fingerprint density at radius 3 is 2.61 bits per heavy atom. The predicted octanol–water partition coefficient (Wildman–Crippen LogP) is 3.84. The number of amides is 1. The van der Waals surface area contributed by atoms with Gasteiger partial charge in [-0.2, -0.15) is 13.2 Å². The van der Waals surface area contributed by atoms with E-state index in [9.17, 15) is 18.0 Å². The Balaban J connectivity index is 1.67. The van der Waals surface area contributed by atoms with Crippen molar-refractivity contribution in [1.29, 1.82) is 0 Å². The number of carbonyl (C=O) groups excluding carboxylic acids is 1. The fourth-order valence-corrected chi connectivity index (χ4v) is 4.36. The van der Waals surface area contributed by atoms with E-state index >= 15 is 0 Å². The van der Waals surface area contributed by atoms with Gasteiger partial charge in [-0.3, -0.25) is 4.79 Å². The van der Waals surface area contributed by atoms with Gasteiger partial charge in [0.1, 0.15) is 0 Å². The van der Waals surface area contributed by atoms with Crippen molar-refractivity contribution in [2.45, 2.75) is 12.6 Å². The number of aromatic amines is 1. The number of pyridine rings is 1. The van der Waals surface area contributed by atoms with Crippen LogP contribution in [0.1, 0.15) is 11.1 Å². The first-order valence-corrected chi connectivity index (χ1v) is 10.7. The molecule has 0 bridgehead atoms. The van der Waals surface area contributed by atoms with Gasteiger partial charge in [-0.25, -0.2) is 4.98 Å². The molecule has 1 fully saturated rings. The van der Waals surface area contributed by atoms with Gasteiger partial charge in [0.2, 0.25) is 5.91 Å². The minimum atomic E-state index is -4.46. The summed E-state index contributed by atoms with van der Waals surface area (Å²) in [6, 6.07) is 12.7. The Morgan fingerprint density at radius 2 is 1.88 bits per heavy atom. The number of carbonyl (C=O) groups is 1. The van der Waals surface area contributed by atoms with Crippen molar-refractivity contribution in [1.82, 2.24) is 15.3 Å². The normalized spacial score (nSPS) is 14.8. The molecule has 0 aliphatic carbocycles. The Kier molecular flexibility index (Phi) is 5.20. The molecule has 1 amide bonds. The van der Waals surface area contributed by atoms with Gasteiger partial charge in [-0.15, -0.1) is 0 Å². The van der Waals surface area contributed by atoms with Crippen LogP contribution in [0.25, 0.3) is 33.2 Å². The molecule has 0 saturated carbocycles. The largest absolute Gasteiger partial charge is 0.416 e.